The maximum atomic E-state index is 13.7. The molecule has 148 valence electrons. The summed E-state index contributed by atoms with van der Waals surface area (Å²) in [6.07, 6.45) is 5.55. The molecule has 2 heterocycles. The lowest BCUT2D eigenvalue weighted by atomic mass is 10.1. The van der Waals surface area contributed by atoms with Crippen molar-refractivity contribution in [2.24, 2.45) is 0 Å². The minimum Gasteiger partial charge on any atom is -0.347 e. The molecular weight excluding hydrogens is 371 g/mol. The third-order valence-electron chi connectivity index (χ3n) is 4.47. The van der Waals surface area contributed by atoms with Gasteiger partial charge in [0.05, 0.1) is 0 Å². The number of pyridine rings is 2. The average molecular weight is 392 g/mol. The molecule has 29 heavy (non-hydrogen) atoms. The fourth-order valence-corrected chi connectivity index (χ4v) is 2.76. The summed E-state index contributed by atoms with van der Waals surface area (Å²) in [5.41, 5.74) is 1.94. The van der Waals surface area contributed by atoms with Gasteiger partial charge in [0.2, 0.25) is 0 Å². The number of carbonyl (C=O) groups is 2. The van der Waals surface area contributed by atoms with E-state index >= 15 is 0 Å². The predicted molar refractivity (Wildman–Crippen MR) is 107 cm³/mol. The van der Waals surface area contributed by atoms with Gasteiger partial charge in [-0.3, -0.25) is 19.6 Å². The van der Waals surface area contributed by atoms with Crippen molar-refractivity contribution in [1.82, 2.24) is 20.2 Å². The summed E-state index contributed by atoms with van der Waals surface area (Å²) in [6.45, 7) is 0.567. The smallest absolute Gasteiger partial charge is 0.270 e. The Kier molecular flexibility index (Phi) is 6.63. The van der Waals surface area contributed by atoms with Gasteiger partial charge in [-0.25, -0.2) is 4.39 Å². The molecule has 0 atom stereocenters. The van der Waals surface area contributed by atoms with Crippen LogP contribution in [-0.4, -0.2) is 40.3 Å². The molecule has 0 aliphatic carbocycles. The van der Waals surface area contributed by atoms with Crippen LogP contribution >= 0.6 is 0 Å². The maximum Gasteiger partial charge on any atom is 0.270 e. The van der Waals surface area contributed by atoms with E-state index in [9.17, 15) is 14.0 Å². The summed E-state index contributed by atoms with van der Waals surface area (Å²) >= 11 is 0. The molecule has 6 nitrogen and oxygen atoms in total. The van der Waals surface area contributed by atoms with E-state index in [1.165, 1.54) is 18.3 Å². The number of hydrogen-bond acceptors (Lipinski definition) is 4. The highest BCUT2D eigenvalue weighted by atomic mass is 19.1. The summed E-state index contributed by atoms with van der Waals surface area (Å²) in [4.78, 5) is 34.6. The van der Waals surface area contributed by atoms with Gasteiger partial charge < -0.3 is 10.2 Å². The van der Waals surface area contributed by atoms with E-state index in [0.29, 0.717) is 24.1 Å². The van der Waals surface area contributed by atoms with Crippen LogP contribution in [0.1, 0.15) is 32.0 Å². The molecule has 2 amide bonds. The van der Waals surface area contributed by atoms with Crippen LogP contribution in [0, 0.1) is 5.82 Å². The van der Waals surface area contributed by atoms with E-state index in [1.807, 2.05) is 12.1 Å². The molecule has 1 N–H and O–H groups in total. The van der Waals surface area contributed by atoms with Crippen molar-refractivity contribution in [2.45, 2.75) is 13.0 Å². The standard InChI is InChI=1S/C22H21FN4O2/c1-27(13-9-16-6-10-24-11-7-16)22(29)17-8-12-25-20(14-17)21(28)26-15-18-4-2-3-5-19(18)23/h2-8,10-12,14H,9,13,15H2,1H3,(H,26,28). The van der Waals surface area contributed by atoms with Crippen molar-refractivity contribution in [2.75, 3.05) is 13.6 Å². The summed E-state index contributed by atoms with van der Waals surface area (Å²) < 4.78 is 13.7. The Morgan fingerprint density at radius 2 is 1.83 bits per heavy atom. The highest BCUT2D eigenvalue weighted by Gasteiger charge is 2.15. The lowest BCUT2D eigenvalue weighted by molar-refractivity contribution is 0.0796. The molecule has 0 saturated heterocycles. The van der Waals surface area contributed by atoms with E-state index in [2.05, 4.69) is 15.3 Å². The van der Waals surface area contributed by atoms with Crippen LogP contribution in [0.15, 0.2) is 67.1 Å². The molecule has 0 radical (unpaired) electrons. The number of nitrogens with zero attached hydrogens (tertiary/aromatic N) is 3. The summed E-state index contributed by atoms with van der Waals surface area (Å²) in [5.74, 6) is -1.06. The molecule has 0 fully saturated rings. The SMILES string of the molecule is CN(CCc1ccncc1)C(=O)c1ccnc(C(=O)NCc2ccccc2F)c1. The Balaban J connectivity index is 1.61. The van der Waals surface area contributed by atoms with Gasteiger partial charge in [-0.05, 0) is 42.3 Å². The van der Waals surface area contributed by atoms with Crippen LogP contribution < -0.4 is 5.32 Å². The molecule has 0 bridgehead atoms. The van der Waals surface area contributed by atoms with Crippen molar-refractivity contribution < 1.29 is 14.0 Å². The second kappa shape index (κ2) is 9.54. The number of carbonyl (C=O) groups excluding carboxylic acids is 2. The van der Waals surface area contributed by atoms with Crippen molar-refractivity contribution in [1.29, 1.82) is 0 Å². The second-order valence-electron chi connectivity index (χ2n) is 6.54. The van der Waals surface area contributed by atoms with Gasteiger partial charge in [0, 0.05) is 49.9 Å². The molecule has 0 spiro atoms. The summed E-state index contributed by atoms with van der Waals surface area (Å²) in [7, 11) is 1.71. The van der Waals surface area contributed by atoms with Gasteiger partial charge in [-0.1, -0.05) is 18.2 Å². The van der Waals surface area contributed by atoms with Gasteiger partial charge in [0.1, 0.15) is 11.5 Å². The van der Waals surface area contributed by atoms with E-state index in [-0.39, 0.29) is 24.0 Å². The number of nitrogens with one attached hydrogen (secondary N) is 1. The topological polar surface area (TPSA) is 75.2 Å². The number of aromatic nitrogens is 2. The van der Waals surface area contributed by atoms with Gasteiger partial charge >= 0.3 is 0 Å². The Morgan fingerprint density at radius 3 is 2.59 bits per heavy atom. The molecular formula is C22H21FN4O2. The van der Waals surface area contributed by atoms with Gasteiger partial charge in [0.25, 0.3) is 11.8 Å². The number of benzene rings is 1. The maximum absolute atomic E-state index is 13.7. The van der Waals surface area contributed by atoms with Crippen LogP contribution in [0.2, 0.25) is 0 Å². The quantitative estimate of drug-likeness (QED) is 0.671. The van der Waals surface area contributed by atoms with Crippen molar-refractivity contribution in [3.63, 3.8) is 0 Å². The monoisotopic (exact) mass is 392 g/mol. The van der Waals surface area contributed by atoms with Crippen LogP contribution in [0.25, 0.3) is 0 Å². The Bertz CT molecular complexity index is 995. The van der Waals surface area contributed by atoms with Crippen molar-refractivity contribution >= 4 is 11.8 Å². The Morgan fingerprint density at radius 1 is 1.07 bits per heavy atom. The van der Waals surface area contributed by atoms with Crippen LogP contribution in [-0.2, 0) is 13.0 Å². The zero-order valence-corrected chi connectivity index (χ0v) is 16.0. The summed E-state index contributed by atoms with van der Waals surface area (Å²) in [6, 6.07) is 13.0. The number of likely N-dealkylation sites (N-methyl/N-ethyl adjacent to an activating group) is 1. The first-order valence-corrected chi connectivity index (χ1v) is 9.16. The first-order valence-electron chi connectivity index (χ1n) is 9.16. The molecule has 0 unspecified atom stereocenters. The third kappa shape index (κ3) is 5.44. The fraction of sp³-hybridized carbons (Fsp3) is 0.182. The average Bonchev–Trinajstić information content (AvgIpc) is 2.77. The van der Waals surface area contributed by atoms with E-state index in [1.54, 1.807) is 48.6 Å². The van der Waals surface area contributed by atoms with Gasteiger partial charge in [0.15, 0.2) is 0 Å². The largest absolute Gasteiger partial charge is 0.347 e. The normalized spacial score (nSPS) is 10.4. The molecule has 0 aliphatic rings. The molecule has 2 aromatic heterocycles. The van der Waals surface area contributed by atoms with E-state index < -0.39 is 5.91 Å². The summed E-state index contributed by atoms with van der Waals surface area (Å²) in [5, 5.41) is 2.63. The molecule has 3 rings (SSSR count). The first kappa shape index (κ1) is 20.1. The molecule has 0 aliphatic heterocycles. The zero-order valence-electron chi connectivity index (χ0n) is 16.0. The third-order valence-corrected chi connectivity index (χ3v) is 4.47. The van der Waals surface area contributed by atoms with Crippen LogP contribution in [0.3, 0.4) is 0 Å². The number of amides is 2. The molecule has 3 aromatic rings. The zero-order chi connectivity index (χ0) is 20.6. The van der Waals surface area contributed by atoms with E-state index in [4.69, 9.17) is 0 Å². The first-order chi connectivity index (χ1) is 14.0. The van der Waals surface area contributed by atoms with Crippen molar-refractivity contribution in [3.05, 3.63) is 95.3 Å². The number of hydrogen-bond donors (Lipinski definition) is 1. The minimum atomic E-state index is -0.470. The highest BCUT2D eigenvalue weighted by molar-refractivity contribution is 5.98. The number of halogens is 1. The lowest BCUT2D eigenvalue weighted by Gasteiger charge is -2.17. The fourth-order valence-electron chi connectivity index (χ4n) is 2.76. The lowest BCUT2D eigenvalue weighted by Crippen LogP contribution is -2.29. The Hall–Kier alpha value is -3.61. The van der Waals surface area contributed by atoms with Crippen LogP contribution in [0.5, 0.6) is 0 Å². The predicted octanol–water partition coefficient (Wildman–Crippen LogP) is 2.86. The van der Waals surface area contributed by atoms with Gasteiger partial charge in [-0.15, -0.1) is 0 Å². The van der Waals surface area contributed by atoms with Gasteiger partial charge in [-0.2, -0.15) is 0 Å². The number of rotatable bonds is 7. The van der Waals surface area contributed by atoms with Crippen LogP contribution in [0.4, 0.5) is 4.39 Å². The minimum absolute atomic E-state index is 0.0389. The van der Waals surface area contributed by atoms with Crippen molar-refractivity contribution in [3.8, 4) is 0 Å². The molecule has 7 heteroatoms. The molecule has 0 saturated carbocycles. The second-order valence-corrected chi connectivity index (χ2v) is 6.54. The highest BCUT2D eigenvalue weighted by Crippen LogP contribution is 2.09. The Labute approximate surface area is 168 Å². The van der Waals surface area contributed by atoms with E-state index in [0.717, 1.165) is 5.56 Å². The molecule has 1 aromatic carbocycles.